The van der Waals surface area contributed by atoms with Crippen molar-refractivity contribution in [1.82, 2.24) is 9.97 Å². The lowest BCUT2D eigenvalue weighted by Gasteiger charge is -2.21. The number of hydrogen-bond acceptors (Lipinski definition) is 2. The van der Waals surface area contributed by atoms with Crippen LogP contribution in [0.2, 0.25) is 0 Å². The summed E-state index contributed by atoms with van der Waals surface area (Å²) in [6, 6.07) is 45.0. The lowest BCUT2D eigenvalue weighted by molar-refractivity contribution is 1.23. The van der Waals surface area contributed by atoms with Gasteiger partial charge in [0.25, 0.3) is 0 Å². The fourth-order valence-electron chi connectivity index (χ4n) is 3.72. The van der Waals surface area contributed by atoms with Gasteiger partial charge in [-0.25, -0.2) is 9.97 Å². The summed E-state index contributed by atoms with van der Waals surface area (Å²) in [6.07, 6.45) is 1.74. The Morgan fingerprint density at radius 2 is 0.656 bits per heavy atom. The lowest BCUT2D eigenvalue weighted by Crippen LogP contribution is -2.29. The number of nitrogens with zero attached hydrogens (tertiary/aromatic N) is 2. The van der Waals surface area contributed by atoms with E-state index in [2.05, 4.69) is 127 Å². The number of rotatable bonds is 6. The lowest BCUT2D eigenvalue weighted by atomic mass is 10.4. The van der Waals surface area contributed by atoms with Crippen molar-refractivity contribution < 1.29 is 0 Å². The SMILES string of the molecule is c1ccc(P(c2ccccc2)c2cc(P(c3ccccc3)c3ccccc3)ncn2)cc1. The van der Waals surface area contributed by atoms with Gasteiger partial charge in [0.2, 0.25) is 0 Å². The maximum atomic E-state index is 4.79. The van der Waals surface area contributed by atoms with Crippen molar-refractivity contribution in [2.75, 3.05) is 0 Å². The average molecular weight is 448 g/mol. The molecule has 0 fully saturated rings. The third kappa shape index (κ3) is 4.53. The summed E-state index contributed by atoms with van der Waals surface area (Å²) in [5, 5.41) is 5.17. The van der Waals surface area contributed by atoms with Crippen molar-refractivity contribution in [3.8, 4) is 0 Å². The van der Waals surface area contributed by atoms with Crippen LogP contribution in [-0.2, 0) is 0 Å². The molecule has 0 spiro atoms. The monoisotopic (exact) mass is 448 g/mol. The first-order valence-corrected chi connectivity index (χ1v) is 13.2. The zero-order valence-electron chi connectivity index (χ0n) is 17.5. The second-order valence-corrected chi connectivity index (χ2v) is 11.6. The van der Waals surface area contributed by atoms with Crippen LogP contribution in [0.5, 0.6) is 0 Å². The van der Waals surface area contributed by atoms with E-state index >= 15 is 0 Å². The van der Waals surface area contributed by atoms with Crippen molar-refractivity contribution >= 4 is 47.9 Å². The van der Waals surface area contributed by atoms with E-state index in [4.69, 9.17) is 9.97 Å². The Morgan fingerprint density at radius 3 is 0.938 bits per heavy atom. The fourth-order valence-corrected chi connectivity index (χ4v) is 8.19. The molecule has 0 saturated heterocycles. The molecule has 0 unspecified atom stereocenters. The molecule has 0 N–H and O–H groups in total. The van der Waals surface area contributed by atoms with E-state index in [0.717, 1.165) is 10.9 Å². The molecule has 0 radical (unpaired) electrons. The third-order valence-corrected chi connectivity index (χ3v) is 9.82. The standard InChI is InChI=1S/C28H22N2P2/c1-5-13-23(14-6-1)31(24-15-7-2-8-16-24)27-21-28(30-22-29-27)32(25-17-9-3-10-18-25)26-19-11-4-12-20-26/h1-22H. The van der Waals surface area contributed by atoms with E-state index in [9.17, 15) is 0 Å². The molecule has 32 heavy (non-hydrogen) atoms. The summed E-state index contributed by atoms with van der Waals surface area (Å²) in [7, 11) is -1.53. The summed E-state index contributed by atoms with van der Waals surface area (Å²) < 4.78 is 0. The number of aromatic nitrogens is 2. The van der Waals surface area contributed by atoms with Gasteiger partial charge in [-0.2, -0.15) is 0 Å². The van der Waals surface area contributed by atoms with Crippen LogP contribution < -0.4 is 32.1 Å². The molecule has 0 aliphatic rings. The molecule has 0 aliphatic heterocycles. The largest absolute Gasteiger partial charge is 0.236 e. The predicted octanol–water partition coefficient (Wildman–Crippen LogP) is 3.99. The first-order chi connectivity index (χ1) is 15.9. The Labute approximate surface area is 191 Å². The van der Waals surface area contributed by atoms with Gasteiger partial charge in [-0.3, -0.25) is 0 Å². The highest BCUT2D eigenvalue weighted by Crippen LogP contribution is 2.34. The second-order valence-electron chi connectivity index (χ2n) is 7.25. The van der Waals surface area contributed by atoms with Crippen molar-refractivity contribution in [3.63, 3.8) is 0 Å². The first kappa shape index (κ1) is 20.7. The zero-order valence-corrected chi connectivity index (χ0v) is 19.3. The van der Waals surface area contributed by atoms with E-state index in [1.54, 1.807) is 6.33 Å². The quantitative estimate of drug-likeness (QED) is 0.367. The number of benzene rings is 4. The molecular formula is C28H22N2P2. The van der Waals surface area contributed by atoms with Crippen molar-refractivity contribution in [2.45, 2.75) is 0 Å². The van der Waals surface area contributed by atoms with E-state index in [0.29, 0.717) is 0 Å². The maximum Gasteiger partial charge on any atom is 0.116 e. The van der Waals surface area contributed by atoms with Crippen LogP contribution in [0, 0.1) is 0 Å². The van der Waals surface area contributed by atoms with E-state index in [-0.39, 0.29) is 0 Å². The van der Waals surface area contributed by atoms with Gasteiger partial charge < -0.3 is 0 Å². The maximum absolute atomic E-state index is 4.79. The topological polar surface area (TPSA) is 25.8 Å². The van der Waals surface area contributed by atoms with Crippen LogP contribution >= 0.6 is 15.8 Å². The summed E-state index contributed by atoms with van der Waals surface area (Å²) in [5.74, 6) is 0. The van der Waals surface area contributed by atoms with Gasteiger partial charge in [0, 0.05) is 15.8 Å². The van der Waals surface area contributed by atoms with Gasteiger partial charge in [-0.05, 0) is 27.3 Å². The Kier molecular flexibility index (Phi) is 6.45. The highest BCUT2D eigenvalue weighted by atomic mass is 31.1. The Hall–Kier alpha value is -3.18. The first-order valence-electron chi connectivity index (χ1n) is 10.5. The van der Waals surface area contributed by atoms with Gasteiger partial charge in [-0.15, -0.1) is 0 Å². The average Bonchev–Trinajstić information content (AvgIpc) is 2.87. The molecule has 0 amide bonds. The van der Waals surface area contributed by atoms with Crippen LogP contribution in [0.4, 0.5) is 0 Å². The highest BCUT2D eigenvalue weighted by molar-refractivity contribution is 7.81. The minimum atomic E-state index is -0.766. The Morgan fingerprint density at radius 1 is 0.375 bits per heavy atom. The van der Waals surface area contributed by atoms with Crippen LogP contribution in [0.15, 0.2) is 134 Å². The van der Waals surface area contributed by atoms with Gasteiger partial charge in [0.05, 0.1) is 10.9 Å². The van der Waals surface area contributed by atoms with Crippen LogP contribution in [0.25, 0.3) is 0 Å². The molecule has 0 aliphatic carbocycles. The Bertz CT molecular complexity index is 1090. The minimum absolute atomic E-state index is 0.766. The molecule has 154 valence electrons. The normalized spacial score (nSPS) is 11.1. The molecule has 1 heterocycles. The van der Waals surface area contributed by atoms with Crippen molar-refractivity contribution in [2.24, 2.45) is 0 Å². The van der Waals surface area contributed by atoms with Gasteiger partial charge in [0.1, 0.15) is 6.33 Å². The third-order valence-electron chi connectivity index (χ3n) is 5.15. The zero-order chi connectivity index (χ0) is 21.6. The second kappa shape index (κ2) is 9.96. The van der Waals surface area contributed by atoms with Crippen LogP contribution in [-0.4, -0.2) is 9.97 Å². The molecule has 5 rings (SSSR count). The van der Waals surface area contributed by atoms with Gasteiger partial charge >= 0.3 is 0 Å². The van der Waals surface area contributed by atoms with E-state index < -0.39 is 15.8 Å². The highest BCUT2D eigenvalue weighted by Gasteiger charge is 2.22. The molecule has 1 aromatic heterocycles. The van der Waals surface area contributed by atoms with Crippen LogP contribution in [0.1, 0.15) is 0 Å². The summed E-state index contributed by atoms with van der Waals surface area (Å²) in [6.45, 7) is 0. The minimum Gasteiger partial charge on any atom is -0.236 e. The molecule has 0 bridgehead atoms. The molecular weight excluding hydrogens is 426 g/mol. The molecule has 2 nitrogen and oxygen atoms in total. The van der Waals surface area contributed by atoms with Crippen molar-refractivity contribution in [3.05, 3.63) is 134 Å². The molecule has 0 saturated carbocycles. The van der Waals surface area contributed by atoms with Gasteiger partial charge in [-0.1, -0.05) is 121 Å². The molecule has 4 aromatic carbocycles. The van der Waals surface area contributed by atoms with E-state index in [1.165, 1.54) is 21.2 Å². The number of hydrogen-bond donors (Lipinski definition) is 0. The summed E-state index contributed by atoms with van der Waals surface area (Å²) >= 11 is 0. The van der Waals surface area contributed by atoms with E-state index in [1.807, 2.05) is 0 Å². The summed E-state index contributed by atoms with van der Waals surface area (Å²) in [4.78, 5) is 9.58. The van der Waals surface area contributed by atoms with Gasteiger partial charge in [0.15, 0.2) is 0 Å². The summed E-state index contributed by atoms with van der Waals surface area (Å²) in [5.41, 5.74) is 2.17. The fraction of sp³-hybridized carbons (Fsp3) is 0. The molecule has 4 heteroatoms. The smallest absolute Gasteiger partial charge is 0.116 e. The van der Waals surface area contributed by atoms with Crippen molar-refractivity contribution in [1.29, 1.82) is 0 Å². The molecule has 5 aromatic rings. The Balaban J connectivity index is 1.65. The predicted molar refractivity (Wildman–Crippen MR) is 139 cm³/mol. The molecule has 0 atom stereocenters. The van der Waals surface area contributed by atoms with Crippen LogP contribution in [0.3, 0.4) is 0 Å².